The van der Waals surface area contributed by atoms with Crippen LogP contribution in [0.2, 0.25) is 10.0 Å². The maximum absolute atomic E-state index is 12.1. The van der Waals surface area contributed by atoms with Crippen LogP contribution in [0.5, 0.6) is 0 Å². The van der Waals surface area contributed by atoms with Crippen LogP contribution in [-0.4, -0.2) is 28.7 Å². The van der Waals surface area contributed by atoms with Gasteiger partial charge in [-0.3, -0.25) is 9.89 Å². The van der Waals surface area contributed by atoms with E-state index in [1.165, 1.54) is 12.1 Å². The van der Waals surface area contributed by atoms with E-state index in [0.717, 1.165) is 0 Å². The highest BCUT2D eigenvalue weighted by Gasteiger charge is 2.16. The molecule has 1 aromatic heterocycles. The van der Waals surface area contributed by atoms with Gasteiger partial charge in [0.2, 0.25) is 0 Å². The van der Waals surface area contributed by atoms with Crippen LogP contribution in [-0.2, 0) is 9.53 Å². The molecule has 0 saturated carbocycles. The van der Waals surface area contributed by atoms with Gasteiger partial charge in [-0.15, -0.1) is 0 Å². The summed E-state index contributed by atoms with van der Waals surface area (Å²) in [5, 5.41) is 10.6. The molecule has 0 atom stereocenters. The zero-order chi connectivity index (χ0) is 17.1. The summed E-state index contributed by atoms with van der Waals surface area (Å²) >= 11 is 11.7. The molecule has 0 bridgehead atoms. The van der Waals surface area contributed by atoms with Crippen molar-refractivity contribution in [3.8, 4) is 0 Å². The Labute approximate surface area is 146 Å². The lowest BCUT2D eigenvalue weighted by Crippen LogP contribution is -2.21. The first-order chi connectivity index (χ1) is 11.5. The number of esters is 1. The molecule has 24 heavy (non-hydrogen) atoms. The second-order valence-electron chi connectivity index (χ2n) is 4.90. The number of nitrogens with one attached hydrogen (secondary N) is 2. The van der Waals surface area contributed by atoms with E-state index in [1.807, 2.05) is 6.07 Å². The molecular formula is C16H11Cl2N3O3. The minimum absolute atomic E-state index is 0.129. The van der Waals surface area contributed by atoms with Crippen molar-refractivity contribution in [1.82, 2.24) is 10.2 Å². The minimum Gasteiger partial charge on any atom is -0.451 e. The smallest absolute Gasteiger partial charge is 0.359 e. The summed E-state index contributed by atoms with van der Waals surface area (Å²) in [6, 6.07) is 11.7. The highest BCUT2D eigenvalue weighted by molar-refractivity contribution is 6.35. The van der Waals surface area contributed by atoms with Crippen LogP contribution < -0.4 is 5.32 Å². The van der Waals surface area contributed by atoms with Crippen molar-refractivity contribution in [2.75, 3.05) is 11.9 Å². The fraction of sp³-hybridized carbons (Fsp3) is 0.0625. The summed E-state index contributed by atoms with van der Waals surface area (Å²) in [7, 11) is 0. The molecule has 1 heterocycles. The molecule has 0 spiro atoms. The van der Waals surface area contributed by atoms with E-state index in [-0.39, 0.29) is 5.69 Å². The van der Waals surface area contributed by atoms with Gasteiger partial charge < -0.3 is 10.1 Å². The van der Waals surface area contributed by atoms with Gasteiger partial charge >= 0.3 is 5.97 Å². The van der Waals surface area contributed by atoms with Crippen molar-refractivity contribution < 1.29 is 14.3 Å². The number of anilines is 1. The molecule has 0 aliphatic rings. The average Bonchev–Trinajstić information content (AvgIpc) is 2.95. The molecule has 6 nitrogen and oxygen atoms in total. The molecule has 1 amide bonds. The molecule has 8 heteroatoms. The number of rotatable bonds is 4. The predicted molar refractivity (Wildman–Crippen MR) is 91.5 cm³/mol. The molecule has 0 saturated heterocycles. The predicted octanol–water partition coefficient (Wildman–Crippen LogP) is 3.67. The number of H-pyrrole nitrogens is 1. The fourth-order valence-electron chi connectivity index (χ4n) is 2.14. The number of aromatic nitrogens is 2. The molecular weight excluding hydrogens is 353 g/mol. The molecule has 2 aromatic carbocycles. The molecule has 0 unspecified atom stereocenters. The largest absolute Gasteiger partial charge is 0.451 e. The number of amides is 1. The highest BCUT2D eigenvalue weighted by Crippen LogP contribution is 2.22. The Morgan fingerprint density at radius 1 is 1.12 bits per heavy atom. The minimum atomic E-state index is -0.688. The number of para-hydroxylation sites is 1. The van der Waals surface area contributed by atoms with Crippen molar-refractivity contribution in [2.45, 2.75) is 0 Å². The second-order valence-corrected chi connectivity index (χ2v) is 5.77. The molecule has 0 radical (unpaired) electrons. The van der Waals surface area contributed by atoms with E-state index >= 15 is 0 Å². The maximum Gasteiger partial charge on any atom is 0.359 e. The normalized spacial score (nSPS) is 10.6. The summed E-state index contributed by atoms with van der Waals surface area (Å²) in [4.78, 5) is 23.9. The van der Waals surface area contributed by atoms with Crippen LogP contribution >= 0.6 is 23.2 Å². The number of aromatic amines is 1. The Morgan fingerprint density at radius 2 is 1.83 bits per heavy atom. The van der Waals surface area contributed by atoms with E-state index in [9.17, 15) is 9.59 Å². The lowest BCUT2D eigenvalue weighted by Gasteiger charge is -2.07. The third-order valence-electron chi connectivity index (χ3n) is 3.14. The Hall–Kier alpha value is -2.57. The van der Waals surface area contributed by atoms with Crippen molar-refractivity contribution in [2.24, 2.45) is 0 Å². The summed E-state index contributed by atoms with van der Waals surface area (Å²) in [5.41, 5.74) is 1.26. The van der Waals surface area contributed by atoms with Crippen LogP contribution in [0.15, 0.2) is 42.5 Å². The van der Waals surface area contributed by atoms with Crippen LogP contribution in [0.1, 0.15) is 10.5 Å². The van der Waals surface area contributed by atoms with Gasteiger partial charge in [0, 0.05) is 21.1 Å². The fourth-order valence-corrected chi connectivity index (χ4v) is 2.67. The quantitative estimate of drug-likeness (QED) is 0.692. The number of carbonyl (C=O) groups excluding carboxylic acids is 2. The molecule has 3 rings (SSSR count). The van der Waals surface area contributed by atoms with Gasteiger partial charge in [0.15, 0.2) is 12.3 Å². The van der Waals surface area contributed by atoms with Gasteiger partial charge in [-0.25, -0.2) is 4.79 Å². The van der Waals surface area contributed by atoms with Gasteiger partial charge in [0.05, 0.1) is 5.52 Å². The topological polar surface area (TPSA) is 84.1 Å². The first-order valence-electron chi connectivity index (χ1n) is 6.89. The Bertz CT molecular complexity index is 904. The standard InChI is InChI=1S/C16H11Cl2N3O3/c17-9-5-10(18)7-11(6-9)19-14(22)8-24-16(23)15-12-3-1-2-4-13(12)20-21-15/h1-7H,8H2,(H,19,22)(H,20,21). The van der Waals surface area contributed by atoms with Crippen LogP contribution in [0, 0.1) is 0 Å². The number of benzene rings is 2. The average molecular weight is 364 g/mol. The van der Waals surface area contributed by atoms with E-state index in [2.05, 4.69) is 15.5 Å². The Balaban J connectivity index is 1.62. The van der Waals surface area contributed by atoms with Crippen LogP contribution in [0.4, 0.5) is 5.69 Å². The second kappa shape index (κ2) is 6.90. The van der Waals surface area contributed by atoms with E-state index in [0.29, 0.717) is 26.6 Å². The number of halogens is 2. The summed E-state index contributed by atoms with van der Waals surface area (Å²) in [6.07, 6.45) is 0. The molecule has 0 aliphatic carbocycles. The van der Waals surface area contributed by atoms with Gasteiger partial charge in [-0.1, -0.05) is 41.4 Å². The number of hydrogen-bond donors (Lipinski definition) is 2. The zero-order valence-electron chi connectivity index (χ0n) is 12.2. The number of carbonyl (C=O) groups is 2. The SMILES string of the molecule is O=C(COC(=O)c1n[nH]c2ccccc12)Nc1cc(Cl)cc(Cl)c1. The Morgan fingerprint density at radius 3 is 2.58 bits per heavy atom. The van der Waals surface area contributed by atoms with Gasteiger partial charge in [-0.05, 0) is 24.3 Å². The zero-order valence-corrected chi connectivity index (χ0v) is 13.7. The van der Waals surface area contributed by atoms with Crippen molar-refractivity contribution in [1.29, 1.82) is 0 Å². The van der Waals surface area contributed by atoms with E-state index in [1.54, 1.807) is 24.3 Å². The van der Waals surface area contributed by atoms with Gasteiger partial charge in [-0.2, -0.15) is 5.10 Å². The van der Waals surface area contributed by atoms with Crippen molar-refractivity contribution in [3.05, 3.63) is 58.2 Å². The molecule has 2 N–H and O–H groups in total. The summed E-state index contributed by atoms with van der Waals surface area (Å²) in [5.74, 6) is -1.20. The first-order valence-corrected chi connectivity index (χ1v) is 7.65. The molecule has 0 fully saturated rings. The lowest BCUT2D eigenvalue weighted by molar-refractivity contribution is -0.119. The summed E-state index contributed by atoms with van der Waals surface area (Å²) < 4.78 is 4.99. The molecule has 3 aromatic rings. The van der Waals surface area contributed by atoms with Crippen LogP contribution in [0.3, 0.4) is 0 Å². The van der Waals surface area contributed by atoms with Gasteiger partial charge in [0.25, 0.3) is 5.91 Å². The first kappa shape index (κ1) is 16.3. The number of hydrogen-bond acceptors (Lipinski definition) is 4. The monoisotopic (exact) mass is 363 g/mol. The van der Waals surface area contributed by atoms with Gasteiger partial charge in [0.1, 0.15) is 0 Å². The van der Waals surface area contributed by atoms with Crippen molar-refractivity contribution in [3.63, 3.8) is 0 Å². The third kappa shape index (κ3) is 3.67. The van der Waals surface area contributed by atoms with Crippen LogP contribution in [0.25, 0.3) is 10.9 Å². The molecule has 0 aliphatic heterocycles. The number of fused-ring (bicyclic) bond motifs is 1. The van der Waals surface area contributed by atoms with E-state index < -0.39 is 18.5 Å². The Kier molecular flexibility index (Phi) is 4.69. The number of nitrogens with zero attached hydrogens (tertiary/aromatic N) is 1. The maximum atomic E-state index is 12.1. The lowest BCUT2D eigenvalue weighted by atomic mass is 10.2. The highest BCUT2D eigenvalue weighted by atomic mass is 35.5. The number of ether oxygens (including phenoxy) is 1. The van der Waals surface area contributed by atoms with Crippen molar-refractivity contribution >= 4 is 51.7 Å². The summed E-state index contributed by atoms with van der Waals surface area (Å²) in [6.45, 7) is -0.454. The molecule has 122 valence electrons. The van der Waals surface area contributed by atoms with E-state index in [4.69, 9.17) is 27.9 Å². The third-order valence-corrected chi connectivity index (χ3v) is 3.58.